The van der Waals surface area contributed by atoms with Gasteiger partial charge in [-0.3, -0.25) is 0 Å². The quantitative estimate of drug-likeness (QED) is 0.155. The SMILES string of the molecule is Cc1ccc(C)c(C2(c3cc(C)ccc3C)OB(B3O[C@@H](c4ccccc4)C(c4cc(C)ccc4C)(c4cc(C)ccc4C)O3)O[C@H]2c2ccccc2)c1. The van der Waals surface area contributed by atoms with E-state index in [2.05, 4.69) is 177 Å². The van der Waals surface area contributed by atoms with Crippen LogP contribution >= 0.6 is 0 Å². The van der Waals surface area contributed by atoms with Crippen LogP contribution in [0, 0.1) is 55.4 Å². The molecule has 6 aromatic carbocycles. The molecule has 54 heavy (non-hydrogen) atoms. The van der Waals surface area contributed by atoms with E-state index in [-0.39, 0.29) is 0 Å². The topological polar surface area (TPSA) is 36.9 Å². The summed E-state index contributed by atoms with van der Waals surface area (Å²) < 4.78 is 29.9. The van der Waals surface area contributed by atoms with E-state index < -0.39 is 37.4 Å². The van der Waals surface area contributed by atoms with Crippen molar-refractivity contribution in [2.45, 2.75) is 78.8 Å². The van der Waals surface area contributed by atoms with Crippen LogP contribution in [0.15, 0.2) is 133 Å². The Hall–Kier alpha value is -4.71. The second-order valence-corrected chi connectivity index (χ2v) is 15.6. The third kappa shape index (κ3) is 6.06. The molecular weight excluding hydrogens is 662 g/mol. The summed E-state index contributed by atoms with van der Waals surface area (Å²) in [6.07, 6.45) is -1.02. The molecule has 0 saturated carbocycles. The minimum atomic E-state index is -1.02. The summed E-state index contributed by atoms with van der Waals surface area (Å²) >= 11 is 0. The van der Waals surface area contributed by atoms with Crippen molar-refractivity contribution < 1.29 is 18.6 Å². The van der Waals surface area contributed by atoms with Crippen LogP contribution < -0.4 is 0 Å². The number of hydrogen-bond donors (Lipinski definition) is 0. The Balaban J connectivity index is 1.38. The zero-order valence-corrected chi connectivity index (χ0v) is 32.6. The highest BCUT2D eigenvalue weighted by Gasteiger charge is 2.66. The van der Waals surface area contributed by atoms with Crippen molar-refractivity contribution in [3.8, 4) is 0 Å². The van der Waals surface area contributed by atoms with Gasteiger partial charge in [0.25, 0.3) is 0 Å². The fourth-order valence-electron chi connectivity index (χ4n) is 8.78. The van der Waals surface area contributed by atoms with Crippen LogP contribution in [0.4, 0.5) is 0 Å². The van der Waals surface area contributed by atoms with Crippen LogP contribution in [-0.4, -0.2) is 14.0 Å². The molecule has 2 atom stereocenters. The Kier molecular flexibility index (Phi) is 9.52. The second kappa shape index (κ2) is 14.2. The average molecular weight is 711 g/mol. The van der Waals surface area contributed by atoms with Gasteiger partial charge in [0, 0.05) is 0 Å². The lowest BCUT2D eigenvalue weighted by molar-refractivity contribution is 0.0705. The molecule has 4 nitrogen and oxygen atoms in total. The van der Waals surface area contributed by atoms with E-state index in [0.29, 0.717) is 0 Å². The molecule has 2 aliphatic heterocycles. The van der Waals surface area contributed by atoms with E-state index in [4.69, 9.17) is 18.6 Å². The lowest BCUT2D eigenvalue weighted by Crippen LogP contribution is -2.44. The number of aryl methyl sites for hydroxylation is 8. The van der Waals surface area contributed by atoms with Crippen LogP contribution in [-0.2, 0) is 29.8 Å². The van der Waals surface area contributed by atoms with E-state index in [0.717, 1.165) is 77.9 Å². The van der Waals surface area contributed by atoms with Crippen molar-refractivity contribution in [3.05, 3.63) is 211 Å². The lowest BCUT2D eigenvalue weighted by atomic mass is 9.49. The first-order valence-electron chi connectivity index (χ1n) is 19.1. The Labute approximate surface area is 321 Å². The van der Waals surface area contributed by atoms with Gasteiger partial charge in [-0.15, -0.1) is 0 Å². The van der Waals surface area contributed by atoms with Crippen molar-refractivity contribution in [1.29, 1.82) is 0 Å². The molecule has 0 radical (unpaired) electrons. The molecule has 0 unspecified atom stereocenters. The maximum Gasteiger partial charge on any atom is 0.489 e. The highest BCUT2D eigenvalue weighted by Crippen LogP contribution is 2.58. The van der Waals surface area contributed by atoms with Gasteiger partial charge in [0.2, 0.25) is 0 Å². The first-order valence-corrected chi connectivity index (χ1v) is 19.1. The van der Waals surface area contributed by atoms with E-state index in [1.165, 1.54) is 0 Å². The molecule has 2 saturated heterocycles. The smallest absolute Gasteiger partial charge is 0.403 e. The molecular formula is C48H48B2O4. The summed E-state index contributed by atoms with van der Waals surface area (Å²) in [6, 6.07) is 47.4. The fraction of sp³-hybridized carbons (Fsp3) is 0.250. The first-order chi connectivity index (χ1) is 26.0. The Morgan fingerprint density at radius 1 is 0.370 bits per heavy atom. The van der Waals surface area contributed by atoms with Gasteiger partial charge in [-0.2, -0.15) is 0 Å². The molecule has 0 aliphatic carbocycles. The minimum Gasteiger partial charge on any atom is -0.403 e. The summed E-state index contributed by atoms with van der Waals surface area (Å²) in [4.78, 5) is 0. The van der Waals surface area contributed by atoms with Crippen LogP contribution in [0.2, 0.25) is 0 Å². The van der Waals surface area contributed by atoms with Crippen LogP contribution in [0.1, 0.15) is 90.1 Å². The largest absolute Gasteiger partial charge is 0.489 e. The zero-order chi connectivity index (χ0) is 37.8. The highest BCUT2D eigenvalue weighted by atomic mass is 16.7. The van der Waals surface area contributed by atoms with E-state index in [1.54, 1.807) is 0 Å². The van der Waals surface area contributed by atoms with Gasteiger partial charge >= 0.3 is 14.0 Å². The van der Waals surface area contributed by atoms with Gasteiger partial charge in [0.1, 0.15) is 23.4 Å². The molecule has 6 aromatic rings. The van der Waals surface area contributed by atoms with Gasteiger partial charge < -0.3 is 18.6 Å². The van der Waals surface area contributed by atoms with Gasteiger partial charge in [0.05, 0.1) is 0 Å². The van der Waals surface area contributed by atoms with Gasteiger partial charge in [-0.05, 0) is 111 Å². The monoisotopic (exact) mass is 710 g/mol. The second-order valence-electron chi connectivity index (χ2n) is 15.6. The lowest BCUT2D eigenvalue weighted by Gasteiger charge is -2.38. The summed E-state index contributed by atoms with van der Waals surface area (Å²) in [5.41, 5.74) is 13.4. The predicted octanol–water partition coefficient (Wildman–Crippen LogP) is 11.0. The minimum absolute atomic E-state index is 0.511. The first kappa shape index (κ1) is 36.3. The van der Waals surface area contributed by atoms with Crippen molar-refractivity contribution in [1.82, 2.24) is 0 Å². The molecule has 2 fully saturated rings. The summed E-state index contributed by atoms with van der Waals surface area (Å²) in [6.45, 7) is 17.2. The van der Waals surface area contributed by atoms with Crippen molar-refractivity contribution in [2.24, 2.45) is 0 Å². The molecule has 270 valence electrons. The van der Waals surface area contributed by atoms with Crippen LogP contribution in [0.5, 0.6) is 0 Å². The fourth-order valence-corrected chi connectivity index (χ4v) is 8.78. The number of benzene rings is 6. The van der Waals surface area contributed by atoms with Gasteiger partial charge in [-0.1, -0.05) is 156 Å². The summed E-state index contributed by atoms with van der Waals surface area (Å²) in [5.74, 6) is 0. The molecule has 0 aromatic heterocycles. The highest BCUT2D eigenvalue weighted by molar-refractivity contribution is 7.11. The van der Waals surface area contributed by atoms with Crippen molar-refractivity contribution in [3.63, 3.8) is 0 Å². The van der Waals surface area contributed by atoms with Crippen molar-refractivity contribution >= 4 is 14.0 Å². The Morgan fingerprint density at radius 3 is 0.926 bits per heavy atom. The Morgan fingerprint density at radius 2 is 0.648 bits per heavy atom. The van der Waals surface area contributed by atoms with Gasteiger partial charge in [-0.25, -0.2) is 0 Å². The molecule has 0 amide bonds. The standard InChI is InChI=1S/C48H48B2O4/c1-31-19-23-35(5)41(27-31)47(42-28-32(2)20-24-36(42)6)45(39-15-11-9-12-16-39)51-49(53-47)50-52-46(40-17-13-10-14-18-40)48(54-50,43-29-33(3)21-25-37(43)7)44-30-34(4)22-26-38(44)8/h9-30,45-46H,1-8H3/t45-,46-/m0/s1. The normalized spacial score (nSPS) is 19.0. The maximum atomic E-state index is 7.63. The average Bonchev–Trinajstić information content (AvgIpc) is 3.78. The summed E-state index contributed by atoms with van der Waals surface area (Å²) in [5, 5.41) is 0. The van der Waals surface area contributed by atoms with Gasteiger partial charge in [0.15, 0.2) is 0 Å². The molecule has 0 spiro atoms. The predicted molar refractivity (Wildman–Crippen MR) is 219 cm³/mol. The molecule has 6 heteroatoms. The molecule has 0 bridgehead atoms. The van der Waals surface area contributed by atoms with E-state index in [1.807, 2.05) is 12.1 Å². The summed E-state index contributed by atoms with van der Waals surface area (Å²) in [7, 11) is -1.78. The number of rotatable bonds is 7. The third-order valence-corrected chi connectivity index (χ3v) is 11.5. The van der Waals surface area contributed by atoms with E-state index in [9.17, 15) is 0 Å². The van der Waals surface area contributed by atoms with Crippen molar-refractivity contribution in [2.75, 3.05) is 0 Å². The molecule has 2 heterocycles. The number of hydrogen-bond acceptors (Lipinski definition) is 4. The Bertz CT molecular complexity index is 2050. The van der Waals surface area contributed by atoms with E-state index >= 15 is 0 Å². The zero-order valence-electron chi connectivity index (χ0n) is 32.6. The third-order valence-electron chi connectivity index (χ3n) is 11.5. The molecule has 2 aliphatic rings. The van der Waals surface area contributed by atoms with Crippen LogP contribution in [0.3, 0.4) is 0 Å². The molecule has 8 rings (SSSR count). The van der Waals surface area contributed by atoms with Crippen LogP contribution in [0.25, 0.3) is 0 Å². The molecule has 0 N–H and O–H groups in total. The maximum absolute atomic E-state index is 7.63.